The van der Waals surface area contributed by atoms with E-state index in [4.69, 9.17) is 14.2 Å². The van der Waals surface area contributed by atoms with E-state index in [2.05, 4.69) is 53.6 Å². The number of hydrogen-bond acceptors (Lipinski definition) is 11. The second-order valence-corrected chi connectivity index (χ2v) is 15.6. The number of carbonyl (C=O) groups excluding carboxylic acids is 1. The van der Waals surface area contributed by atoms with Crippen LogP contribution in [-0.2, 0) is 25.5 Å². The molecule has 11 atom stereocenters. The van der Waals surface area contributed by atoms with Gasteiger partial charge in [0.1, 0.15) is 18.3 Å². The number of cyclic esters (lactones) is 1. The molecule has 3 heterocycles. The molecule has 3 aliphatic rings. The maximum Gasteiger partial charge on any atom is 0.309 e. The van der Waals surface area contributed by atoms with Crippen LogP contribution in [0.15, 0.2) is 60.2 Å². The van der Waals surface area contributed by atoms with Crippen molar-refractivity contribution in [1.29, 1.82) is 0 Å². The summed E-state index contributed by atoms with van der Waals surface area (Å²) in [7, 11) is 1.72. The lowest BCUT2D eigenvalue weighted by Gasteiger charge is -2.31. The van der Waals surface area contributed by atoms with E-state index >= 15 is 0 Å². The van der Waals surface area contributed by atoms with E-state index in [9.17, 15) is 25.2 Å². The fourth-order valence-corrected chi connectivity index (χ4v) is 7.49. The zero-order chi connectivity index (χ0) is 38.1. The van der Waals surface area contributed by atoms with Crippen LogP contribution in [0.2, 0.25) is 0 Å². The minimum atomic E-state index is -1.45. The van der Waals surface area contributed by atoms with Gasteiger partial charge in [-0.25, -0.2) is 0 Å². The predicted octanol–water partition coefficient (Wildman–Crippen LogP) is 3.79. The first-order valence-corrected chi connectivity index (χ1v) is 19.2. The Balaban J connectivity index is 1.52. The molecule has 2 unspecified atom stereocenters. The SMILES string of the molecule is CC[C@H](OC)[C@@H](C)[C@H]1O[C@@H]1C(NCc1ccc(N2CCCNCC2)cc1)C(C)(O)/C=C/C=C(\C)[C@H]1OC(=O)C[C@H](O)CC[C@@](C)(O)[C@@H](O)/C=C/[C@@H]1C. The van der Waals surface area contributed by atoms with Crippen molar-refractivity contribution < 1.29 is 39.4 Å². The number of aliphatic hydroxyl groups is 4. The number of nitrogens with zero attached hydrogens (tertiary/aromatic N) is 1. The molecule has 0 bridgehead atoms. The highest BCUT2D eigenvalue weighted by atomic mass is 16.6. The van der Waals surface area contributed by atoms with Crippen LogP contribution < -0.4 is 15.5 Å². The second kappa shape index (κ2) is 19.1. The van der Waals surface area contributed by atoms with E-state index in [1.54, 1.807) is 32.3 Å². The number of nitrogens with one attached hydrogen (secondary N) is 2. The molecule has 0 saturated carbocycles. The molecular weight excluding hydrogens is 662 g/mol. The summed E-state index contributed by atoms with van der Waals surface area (Å²) in [6.45, 7) is 15.8. The Bertz CT molecular complexity index is 1350. The number of rotatable bonds is 13. The molecule has 4 rings (SSSR count). The van der Waals surface area contributed by atoms with E-state index in [-0.39, 0.29) is 49.4 Å². The molecule has 11 heteroatoms. The Morgan fingerprint density at radius 1 is 1.19 bits per heavy atom. The largest absolute Gasteiger partial charge is 0.457 e. The molecular formula is C41H65N3O8. The maximum atomic E-state index is 12.8. The Hall–Kier alpha value is -2.61. The van der Waals surface area contributed by atoms with Crippen LogP contribution in [0.5, 0.6) is 0 Å². The second-order valence-electron chi connectivity index (χ2n) is 15.6. The molecule has 0 aromatic heterocycles. The van der Waals surface area contributed by atoms with E-state index < -0.39 is 41.5 Å². The Labute approximate surface area is 311 Å². The molecule has 0 amide bonds. The van der Waals surface area contributed by atoms with Crippen molar-refractivity contribution in [3.05, 3.63) is 65.8 Å². The van der Waals surface area contributed by atoms with Gasteiger partial charge in [0.05, 0.1) is 42.0 Å². The third-order valence-electron chi connectivity index (χ3n) is 11.1. The Kier molecular flexibility index (Phi) is 15.5. The van der Waals surface area contributed by atoms with Gasteiger partial charge in [-0.05, 0) is 76.3 Å². The summed E-state index contributed by atoms with van der Waals surface area (Å²) in [5.41, 5.74) is 0.264. The Morgan fingerprint density at radius 2 is 1.92 bits per heavy atom. The first-order valence-electron chi connectivity index (χ1n) is 19.2. The van der Waals surface area contributed by atoms with Crippen LogP contribution in [-0.4, -0.2) is 114 Å². The van der Waals surface area contributed by atoms with Gasteiger partial charge in [0.15, 0.2) is 0 Å². The molecule has 52 heavy (non-hydrogen) atoms. The van der Waals surface area contributed by atoms with Crippen molar-refractivity contribution in [3.8, 4) is 0 Å². The van der Waals surface area contributed by atoms with Gasteiger partial charge in [-0.3, -0.25) is 4.79 Å². The molecule has 3 aliphatic heterocycles. The van der Waals surface area contributed by atoms with Crippen molar-refractivity contribution in [2.75, 3.05) is 38.2 Å². The standard InChI is InChI=1S/C41H65N3O8/c1-8-33(50-7)29(4)37-38(52-37)39(43-26-30-13-15-31(16-14-30)44-23-10-21-42-22-24-44)41(6,49)19-9-11-27(2)36-28(3)12-17-34(46)40(5,48)20-18-32(45)25-35(47)51-36/h9,11-17,19,28-29,32-34,36-39,42-43,45-46,48-49H,8,10,18,20-26H2,1-7H3/b17-12+,19-9+,27-11+/t28-,29+,32+,33-,34-,36+,37+,38-,39?,40+,41?/m0/s1. The summed E-state index contributed by atoms with van der Waals surface area (Å²) in [5, 5.41) is 50.9. The van der Waals surface area contributed by atoms with Gasteiger partial charge in [-0.1, -0.05) is 63.3 Å². The number of anilines is 1. The minimum Gasteiger partial charge on any atom is -0.457 e. The molecule has 2 fully saturated rings. The number of hydrogen-bond donors (Lipinski definition) is 6. The van der Waals surface area contributed by atoms with Crippen LogP contribution in [0.25, 0.3) is 0 Å². The summed E-state index contributed by atoms with van der Waals surface area (Å²) in [4.78, 5) is 15.2. The third-order valence-corrected chi connectivity index (χ3v) is 11.1. The van der Waals surface area contributed by atoms with Gasteiger partial charge in [0, 0.05) is 50.8 Å². The summed E-state index contributed by atoms with van der Waals surface area (Å²) in [5.74, 6) is -0.752. The smallest absolute Gasteiger partial charge is 0.309 e. The fraction of sp³-hybridized carbons (Fsp3) is 0.683. The molecule has 0 aliphatic carbocycles. The average molecular weight is 728 g/mol. The average Bonchev–Trinajstić information content (AvgIpc) is 3.93. The van der Waals surface area contributed by atoms with Crippen molar-refractivity contribution in [1.82, 2.24) is 10.6 Å². The number of allylic oxidation sites excluding steroid dienone is 2. The van der Waals surface area contributed by atoms with Gasteiger partial charge in [-0.15, -0.1) is 0 Å². The fourth-order valence-electron chi connectivity index (χ4n) is 7.49. The molecule has 292 valence electrons. The molecule has 0 radical (unpaired) electrons. The quantitative estimate of drug-likeness (QED) is 0.0761. The van der Waals surface area contributed by atoms with Crippen molar-refractivity contribution in [2.45, 2.75) is 134 Å². The lowest BCUT2D eigenvalue weighted by atomic mass is 9.87. The maximum absolute atomic E-state index is 12.8. The topological polar surface area (TPSA) is 156 Å². The number of epoxide rings is 1. The monoisotopic (exact) mass is 727 g/mol. The zero-order valence-corrected chi connectivity index (χ0v) is 32.3. The first-order chi connectivity index (χ1) is 24.7. The van der Waals surface area contributed by atoms with Crippen molar-refractivity contribution in [2.24, 2.45) is 11.8 Å². The van der Waals surface area contributed by atoms with E-state index in [1.807, 2.05) is 19.9 Å². The van der Waals surface area contributed by atoms with E-state index in [1.165, 1.54) is 18.7 Å². The molecule has 6 N–H and O–H groups in total. The number of methoxy groups -OCH3 is 1. The molecule has 2 saturated heterocycles. The van der Waals surface area contributed by atoms with Gasteiger partial charge in [-0.2, -0.15) is 0 Å². The number of benzene rings is 1. The lowest BCUT2D eigenvalue weighted by molar-refractivity contribution is -0.151. The molecule has 0 spiro atoms. The number of esters is 1. The summed E-state index contributed by atoms with van der Waals surface area (Å²) >= 11 is 0. The number of ether oxygens (including phenoxy) is 3. The van der Waals surface area contributed by atoms with Gasteiger partial charge < -0.3 is 50.2 Å². The lowest BCUT2D eigenvalue weighted by Crippen LogP contribution is -2.52. The van der Waals surface area contributed by atoms with Gasteiger partial charge in [0.2, 0.25) is 0 Å². The number of carbonyl (C=O) groups is 1. The van der Waals surface area contributed by atoms with Crippen LogP contribution >= 0.6 is 0 Å². The molecule has 11 nitrogen and oxygen atoms in total. The molecule has 1 aromatic carbocycles. The molecule has 1 aromatic rings. The summed E-state index contributed by atoms with van der Waals surface area (Å²) < 4.78 is 17.9. The highest BCUT2D eigenvalue weighted by molar-refractivity contribution is 5.70. The van der Waals surface area contributed by atoms with Crippen LogP contribution in [0.1, 0.15) is 79.2 Å². The highest BCUT2D eigenvalue weighted by Crippen LogP contribution is 2.39. The zero-order valence-electron chi connectivity index (χ0n) is 32.3. The van der Waals surface area contributed by atoms with Crippen LogP contribution in [0, 0.1) is 11.8 Å². The number of aliphatic hydroxyl groups excluding tert-OH is 2. The van der Waals surface area contributed by atoms with Gasteiger partial charge in [0.25, 0.3) is 0 Å². The van der Waals surface area contributed by atoms with Crippen molar-refractivity contribution in [3.63, 3.8) is 0 Å². The van der Waals surface area contributed by atoms with Gasteiger partial charge >= 0.3 is 5.97 Å². The first kappa shape index (κ1) is 42.1. The Morgan fingerprint density at radius 3 is 2.62 bits per heavy atom. The third kappa shape index (κ3) is 11.7. The van der Waals surface area contributed by atoms with Crippen molar-refractivity contribution >= 4 is 11.7 Å². The minimum absolute atomic E-state index is 0.0431. The van der Waals surface area contributed by atoms with Crippen LogP contribution in [0.4, 0.5) is 5.69 Å². The van der Waals surface area contributed by atoms with E-state index in [0.29, 0.717) is 6.54 Å². The summed E-state index contributed by atoms with van der Waals surface area (Å²) in [6.07, 6.45) is 7.50. The predicted molar refractivity (Wildman–Crippen MR) is 204 cm³/mol. The normalized spacial score (nSPS) is 33.2. The highest BCUT2D eigenvalue weighted by Gasteiger charge is 2.54. The van der Waals surface area contributed by atoms with E-state index in [0.717, 1.165) is 50.2 Å². The van der Waals surface area contributed by atoms with Crippen LogP contribution in [0.3, 0.4) is 0 Å². The summed E-state index contributed by atoms with van der Waals surface area (Å²) in [6, 6.07) is 8.17.